The highest BCUT2D eigenvalue weighted by Crippen LogP contribution is 2.45. The molecule has 1 fully saturated rings. The van der Waals surface area contributed by atoms with Crippen molar-refractivity contribution in [2.45, 2.75) is 64.2 Å². The number of hydrogen-bond acceptors (Lipinski definition) is 3. The number of ether oxygens (including phenoxy) is 1. The lowest BCUT2D eigenvalue weighted by molar-refractivity contribution is 0.208. The van der Waals surface area contributed by atoms with E-state index in [4.69, 9.17) is 14.3 Å². The Labute approximate surface area is 177 Å². The molecule has 3 rings (SSSR count). The zero-order chi connectivity index (χ0) is 21.1. The second-order valence-electron chi connectivity index (χ2n) is 9.63. The summed E-state index contributed by atoms with van der Waals surface area (Å²) in [6, 6.07) is 21.5. The van der Waals surface area contributed by atoms with E-state index in [9.17, 15) is 0 Å². The minimum Gasteiger partial charge on any atom is -0.407 e. The van der Waals surface area contributed by atoms with Gasteiger partial charge in [-0.1, -0.05) is 88.4 Å². The number of epoxide rings is 1. The summed E-state index contributed by atoms with van der Waals surface area (Å²) in [6.07, 6.45) is 1.89. The Bertz CT molecular complexity index is 732. The van der Waals surface area contributed by atoms with Crippen LogP contribution in [0.4, 0.5) is 0 Å². The van der Waals surface area contributed by atoms with Crippen molar-refractivity contribution in [3.05, 3.63) is 60.7 Å². The second kappa shape index (κ2) is 8.72. The first-order valence-electron chi connectivity index (χ1n) is 10.8. The van der Waals surface area contributed by atoms with E-state index in [1.165, 1.54) is 10.4 Å². The zero-order valence-corrected chi connectivity index (χ0v) is 19.5. The van der Waals surface area contributed by atoms with Crippen LogP contribution < -0.4 is 10.4 Å². The monoisotopic (exact) mass is 412 g/mol. The summed E-state index contributed by atoms with van der Waals surface area (Å²) in [4.78, 5) is 0. The molecule has 29 heavy (non-hydrogen) atoms. The third-order valence-electron chi connectivity index (χ3n) is 6.27. The summed E-state index contributed by atoms with van der Waals surface area (Å²) in [5.74, 6) is 0.306. The van der Waals surface area contributed by atoms with E-state index in [1.54, 1.807) is 0 Å². The lowest BCUT2D eigenvalue weighted by Crippen LogP contribution is -2.67. The molecule has 1 heterocycles. The van der Waals surface area contributed by atoms with Gasteiger partial charge >= 0.3 is 0 Å². The van der Waals surface area contributed by atoms with Crippen LogP contribution in [-0.4, -0.2) is 38.3 Å². The Morgan fingerprint density at radius 3 is 2.00 bits per heavy atom. The van der Waals surface area contributed by atoms with Crippen LogP contribution in [0.3, 0.4) is 0 Å². The maximum Gasteiger partial charge on any atom is 0.261 e. The maximum atomic E-state index is 9.16. The molecule has 2 unspecified atom stereocenters. The largest absolute Gasteiger partial charge is 0.407 e. The highest BCUT2D eigenvalue weighted by Gasteiger charge is 2.55. The summed E-state index contributed by atoms with van der Waals surface area (Å²) in [5, 5.41) is 11.8. The van der Waals surface area contributed by atoms with E-state index in [0.29, 0.717) is 12.5 Å². The first-order valence-corrected chi connectivity index (χ1v) is 12.7. The molecule has 0 aliphatic carbocycles. The molecule has 158 valence electrons. The third kappa shape index (κ3) is 4.51. The highest BCUT2D eigenvalue weighted by molar-refractivity contribution is 6.99. The fourth-order valence-corrected chi connectivity index (χ4v) is 9.38. The lowest BCUT2D eigenvalue weighted by Gasteiger charge is -2.43. The fourth-order valence-electron chi connectivity index (χ4n) is 4.71. The second-order valence-corrected chi connectivity index (χ2v) is 13.9. The number of hydrogen-bond donors (Lipinski definition) is 1. The average molecular weight is 413 g/mol. The van der Waals surface area contributed by atoms with Gasteiger partial charge in [-0.15, -0.1) is 0 Å². The molecule has 0 bridgehead atoms. The van der Waals surface area contributed by atoms with E-state index in [1.807, 2.05) is 0 Å². The molecule has 3 nitrogen and oxygen atoms in total. The van der Waals surface area contributed by atoms with E-state index in [2.05, 4.69) is 95.3 Å². The Balaban J connectivity index is 1.89. The summed E-state index contributed by atoms with van der Waals surface area (Å²) in [6.45, 7) is 12.2. The highest BCUT2D eigenvalue weighted by atomic mass is 28.4. The van der Waals surface area contributed by atoms with Gasteiger partial charge in [0.2, 0.25) is 0 Å². The van der Waals surface area contributed by atoms with Gasteiger partial charge < -0.3 is 14.3 Å². The SMILES string of the molecule is C[C@@H](CO[Si](c1ccccc1)(c1ccccc1)C(C)(C)C)C1OC1(C)CCCO. The fraction of sp³-hybridized carbons (Fsp3) is 0.520. The van der Waals surface area contributed by atoms with Crippen molar-refractivity contribution in [3.63, 3.8) is 0 Å². The molecule has 0 amide bonds. The molecule has 1 aliphatic rings. The molecule has 2 aromatic rings. The van der Waals surface area contributed by atoms with Crippen LogP contribution in [0.15, 0.2) is 60.7 Å². The van der Waals surface area contributed by atoms with Crippen molar-refractivity contribution >= 4 is 18.7 Å². The summed E-state index contributed by atoms with van der Waals surface area (Å²) < 4.78 is 13.1. The lowest BCUT2D eigenvalue weighted by atomic mass is 9.94. The Kier molecular flexibility index (Phi) is 6.69. The number of aliphatic hydroxyl groups excluding tert-OH is 1. The van der Waals surface area contributed by atoms with E-state index >= 15 is 0 Å². The maximum absolute atomic E-state index is 9.16. The van der Waals surface area contributed by atoms with Gasteiger partial charge in [0.25, 0.3) is 8.32 Å². The van der Waals surface area contributed by atoms with Crippen LogP contribution in [0.2, 0.25) is 5.04 Å². The predicted molar refractivity (Wildman–Crippen MR) is 122 cm³/mol. The summed E-state index contributed by atoms with van der Waals surface area (Å²) in [5.41, 5.74) is -0.114. The Morgan fingerprint density at radius 1 is 1.03 bits per heavy atom. The van der Waals surface area contributed by atoms with Gasteiger partial charge in [0, 0.05) is 19.1 Å². The van der Waals surface area contributed by atoms with Crippen molar-refractivity contribution in [2.75, 3.05) is 13.2 Å². The quantitative estimate of drug-likeness (QED) is 0.497. The normalized spacial score (nSPS) is 23.0. The molecule has 2 aromatic carbocycles. The molecule has 3 atom stereocenters. The van der Waals surface area contributed by atoms with Gasteiger partial charge in [-0.2, -0.15) is 0 Å². The van der Waals surface area contributed by atoms with Gasteiger partial charge in [-0.05, 0) is 35.2 Å². The van der Waals surface area contributed by atoms with Crippen LogP contribution in [0.25, 0.3) is 0 Å². The Hall–Kier alpha value is -1.46. The summed E-state index contributed by atoms with van der Waals surface area (Å²) in [7, 11) is -2.50. The number of aliphatic hydroxyl groups is 1. The topological polar surface area (TPSA) is 42.0 Å². The zero-order valence-electron chi connectivity index (χ0n) is 18.5. The molecule has 0 aromatic heterocycles. The van der Waals surface area contributed by atoms with Crippen molar-refractivity contribution in [2.24, 2.45) is 5.92 Å². The van der Waals surface area contributed by atoms with Gasteiger partial charge in [0.05, 0.1) is 11.7 Å². The van der Waals surface area contributed by atoms with Gasteiger partial charge in [0.1, 0.15) is 0 Å². The molecular formula is C25H36O3Si. The molecule has 0 saturated carbocycles. The van der Waals surface area contributed by atoms with Crippen molar-refractivity contribution in [1.29, 1.82) is 0 Å². The predicted octanol–water partition coefficient (Wildman–Crippen LogP) is 4.13. The first-order chi connectivity index (χ1) is 13.7. The smallest absolute Gasteiger partial charge is 0.261 e. The van der Waals surface area contributed by atoms with Crippen LogP contribution >= 0.6 is 0 Å². The van der Waals surface area contributed by atoms with Crippen molar-refractivity contribution in [1.82, 2.24) is 0 Å². The molecule has 1 saturated heterocycles. The van der Waals surface area contributed by atoms with E-state index < -0.39 is 8.32 Å². The van der Waals surface area contributed by atoms with Crippen LogP contribution in [0.1, 0.15) is 47.5 Å². The van der Waals surface area contributed by atoms with E-state index in [0.717, 1.165) is 12.8 Å². The molecule has 0 spiro atoms. The molecule has 4 heteroatoms. The molecule has 0 radical (unpaired) electrons. The summed E-state index contributed by atoms with van der Waals surface area (Å²) >= 11 is 0. The van der Waals surface area contributed by atoms with Crippen molar-refractivity contribution in [3.8, 4) is 0 Å². The molecule has 1 aliphatic heterocycles. The van der Waals surface area contributed by atoms with Gasteiger partial charge in [-0.3, -0.25) is 0 Å². The number of benzene rings is 2. The van der Waals surface area contributed by atoms with Crippen LogP contribution in [-0.2, 0) is 9.16 Å². The van der Waals surface area contributed by atoms with Gasteiger partial charge in [-0.25, -0.2) is 0 Å². The molecular weight excluding hydrogens is 376 g/mol. The minimum absolute atomic E-state index is 0.0139. The standard InChI is InChI=1S/C25H36O3Si/c1-20(23-25(5,28-23)17-12-18-26)19-27-29(24(2,3)4,21-13-8-6-9-14-21)22-15-10-7-11-16-22/h6-11,13-16,20,23,26H,12,17-19H2,1-5H3/t20-,23?,25?/m0/s1. The number of rotatable bonds is 9. The average Bonchev–Trinajstić information content (AvgIpc) is 3.39. The van der Waals surface area contributed by atoms with Crippen LogP contribution in [0.5, 0.6) is 0 Å². The van der Waals surface area contributed by atoms with Crippen molar-refractivity contribution < 1.29 is 14.3 Å². The van der Waals surface area contributed by atoms with Crippen LogP contribution in [0, 0.1) is 5.92 Å². The molecule has 1 N–H and O–H groups in total. The third-order valence-corrected chi connectivity index (χ3v) is 11.3. The first kappa shape index (κ1) is 22.2. The van der Waals surface area contributed by atoms with Gasteiger partial charge in [0.15, 0.2) is 0 Å². The Morgan fingerprint density at radius 2 is 1.55 bits per heavy atom. The minimum atomic E-state index is -2.50. The van der Waals surface area contributed by atoms with E-state index in [-0.39, 0.29) is 23.4 Å².